The Morgan fingerprint density at radius 2 is 2.14 bits per heavy atom. The van der Waals surface area contributed by atoms with Gasteiger partial charge < -0.3 is 4.79 Å². The van der Waals surface area contributed by atoms with Crippen LogP contribution in [0.15, 0.2) is 0 Å². The fourth-order valence-corrected chi connectivity index (χ4v) is 0.332. The van der Waals surface area contributed by atoms with Crippen LogP contribution in [0, 0.1) is 5.92 Å². The predicted molar refractivity (Wildman–Crippen MR) is 28.0 cm³/mol. The Morgan fingerprint density at radius 3 is 2.43 bits per heavy atom. The second kappa shape index (κ2) is 2.10. The summed E-state index contributed by atoms with van der Waals surface area (Å²) in [6.45, 7) is 0. The third-order valence-corrected chi connectivity index (χ3v) is 0.654. The van der Waals surface area contributed by atoms with Gasteiger partial charge in [0, 0.05) is 16.9 Å². The van der Waals surface area contributed by atoms with Crippen molar-refractivity contribution >= 4 is 6.29 Å². The van der Waals surface area contributed by atoms with E-state index in [-0.39, 0.29) is 6.29 Å². The lowest BCUT2D eigenvalue weighted by Gasteiger charge is -1.90. The molecule has 1 fully saturated rings. The van der Waals surface area contributed by atoms with Crippen molar-refractivity contribution in [1.29, 1.82) is 0 Å². The van der Waals surface area contributed by atoms with Gasteiger partial charge in [-0.1, -0.05) is 12.7 Å². The van der Waals surface area contributed by atoms with Gasteiger partial charge in [0.1, 0.15) is 6.29 Å². The number of hydrogen-bond donors (Lipinski definition) is 0. The van der Waals surface area contributed by atoms with Crippen molar-refractivity contribution < 1.29 is 15.8 Å². The summed E-state index contributed by atoms with van der Waals surface area (Å²) in [4.78, 5) is 10.6. The minimum atomic E-state index is -3.05. The summed E-state index contributed by atoms with van der Waals surface area (Å²) in [6, 6.07) is 0. The predicted octanol–water partition coefficient (Wildman–Crippen LogP) is 1.38. The smallest absolute Gasteiger partial charge is 0.123 e. The van der Waals surface area contributed by atoms with Crippen molar-refractivity contribution in [2.45, 2.75) is 25.5 Å². The van der Waals surface area contributed by atoms with E-state index in [4.69, 9.17) is 11.0 Å². The molecule has 0 aromatic heterocycles. The van der Waals surface area contributed by atoms with Gasteiger partial charge in [0.05, 0.1) is 0 Å². The Morgan fingerprint density at radius 1 is 1.57 bits per heavy atom. The van der Waals surface area contributed by atoms with Crippen molar-refractivity contribution in [3.63, 3.8) is 0 Å². The molecule has 0 heterocycles. The maximum atomic E-state index is 10.6. The van der Waals surface area contributed by atoms with Crippen LogP contribution in [0.25, 0.3) is 0 Å². The molecule has 7 heavy (non-hydrogen) atoms. The van der Waals surface area contributed by atoms with E-state index in [1.54, 1.807) is 0 Å². The molecule has 0 atom stereocenters. The van der Waals surface area contributed by atoms with E-state index < -0.39 is 31.4 Å². The summed E-state index contributed by atoms with van der Waals surface area (Å²) >= 11 is 0. The number of rotatable bonds is 1. The summed E-state index contributed by atoms with van der Waals surface area (Å²) in [7, 11) is 0. The van der Waals surface area contributed by atoms with Gasteiger partial charge in [-0.3, -0.25) is 0 Å². The normalized spacial score (nSPS) is 68.6. The number of carbonyl (C=O) groups excluding carboxylic acids is 1. The van der Waals surface area contributed by atoms with Crippen molar-refractivity contribution in [2.75, 3.05) is 0 Å². The molecule has 0 spiro atoms. The third-order valence-electron chi connectivity index (χ3n) is 0.654. The Kier molecular flexibility index (Phi) is 0.299. The SMILES string of the molecule is [2H]C1([2H])C(C=O)C([2H])([2H])C([2H])([2H])C1([2H])[2H]. The molecule has 1 saturated carbocycles. The highest BCUT2D eigenvalue weighted by Crippen LogP contribution is 2.21. The molecule has 1 aliphatic rings. The van der Waals surface area contributed by atoms with E-state index in [1.165, 1.54) is 0 Å². The van der Waals surface area contributed by atoms with Gasteiger partial charge in [0.15, 0.2) is 0 Å². The van der Waals surface area contributed by atoms with Crippen LogP contribution in [0.4, 0.5) is 0 Å². The van der Waals surface area contributed by atoms with Crippen LogP contribution in [-0.2, 0) is 4.79 Å². The Hall–Kier alpha value is -0.330. The van der Waals surface area contributed by atoms with E-state index in [9.17, 15) is 4.79 Å². The molecule has 1 nitrogen and oxygen atoms in total. The van der Waals surface area contributed by atoms with Gasteiger partial charge in [-0.25, -0.2) is 0 Å². The monoisotopic (exact) mass is 106 g/mol. The zero-order valence-electron chi connectivity index (χ0n) is 11.6. The Labute approximate surface area is 55.0 Å². The van der Waals surface area contributed by atoms with Crippen molar-refractivity contribution in [3.05, 3.63) is 0 Å². The molecule has 40 valence electrons. The lowest BCUT2D eigenvalue weighted by Crippen LogP contribution is -1.91. The Bertz CT molecular complexity index is 270. The van der Waals surface area contributed by atoms with Gasteiger partial charge in [-0.15, -0.1) is 0 Å². The minimum Gasteiger partial charge on any atom is -0.303 e. The molecule has 0 aliphatic heterocycles. The molecule has 0 saturated heterocycles. The molecule has 0 bridgehead atoms. The van der Waals surface area contributed by atoms with Gasteiger partial charge in [-0.05, 0) is 12.7 Å². The Balaban J connectivity index is 3.46. The number of aldehydes is 1. The molecule has 1 heteroatoms. The lowest BCUT2D eigenvalue weighted by molar-refractivity contribution is -0.110. The van der Waals surface area contributed by atoms with Crippen molar-refractivity contribution in [3.8, 4) is 0 Å². The molecule has 0 amide bonds. The van der Waals surface area contributed by atoms with Crippen LogP contribution in [-0.4, -0.2) is 6.29 Å². The number of carbonyl (C=O) groups is 1. The van der Waals surface area contributed by atoms with E-state index in [2.05, 4.69) is 0 Å². The first kappa shape index (κ1) is 0.996. The summed E-state index contributed by atoms with van der Waals surface area (Å²) in [5.74, 6) is -1.95. The second-order valence-electron chi connectivity index (χ2n) is 1.15. The highest BCUT2D eigenvalue weighted by atomic mass is 16.1. The highest BCUT2D eigenvalue weighted by molar-refractivity contribution is 5.53. The molecular formula is C6H10O. The molecule has 0 radical (unpaired) electrons. The van der Waals surface area contributed by atoms with E-state index in [0.29, 0.717) is 0 Å². The van der Waals surface area contributed by atoms with Crippen LogP contribution in [0.2, 0.25) is 0 Å². The van der Waals surface area contributed by atoms with Crippen LogP contribution < -0.4 is 0 Å². The van der Waals surface area contributed by atoms with Gasteiger partial charge >= 0.3 is 0 Å². The topological polar surface area (TPSA) is 17.1 Å². The van der Waals surface area contributed by atoms with E-state index in [1.807, 2.05) is 0 Å². The maximum absolute atomic E-state index is 10.6. The first-order chi connectivity index (χ1) is 6.44. The van der Waals surface area contributed by atoms with Crippen molar-refractivity contribution in [2.24, 2.45) is 5.92 Å². The zero-order valence-corrected chi connectivity index (χ0v) is 3.56. The average molecular weight is 106 g/mol. The molecular weight excluding hydrogens is 88.1 g/mol. The molecule has 1 rings (SSSR count). The first-order valence-electron chi connectivity index (χ1n) is 5.90. The van der Waals surface area contributed by atoms with Gasteiger partial charge in [0.25, 0.3) is 0 Å². The van der Waals surface area contributed by atoms with Crippen LogP contribution in [0.3, 0.4) is 0 Å². The second-order valence-corrected chi connectivity index (χ2v) is 1.15. The summed E-state index contributed by atoms with van der Waals surface area (Å²) in [5, 5.41) is 0. The standard InChI is InChI=1S/C6H10O/c7-5-6-3-1-2-4-6/h5-6H,1-4H2/i1D2,2D2,3D2,4D2. The number of hydrogen-bond acceptors (Lipinski definition) is 1. The summed E-state index contributed by atoms with van der Waals surface area (Å²) in [6.07, 6.45) is -11.9. The van der Waals surface area contributed by atoms with Gasteiger partial charge in [-0.2, -0.15) is 0 Å². The van der Waals surface area contributed by atoms with E-state index in [0.717, 1.165) is 0 Å². The fourth-order valence-electron chi connectivity index (χ4n) is 0.332. The van der Waals surface area contributed by atoms with Crippen LogP contribution >= 0.6 is 0 Å². The van der Waals surface area contributed by atoms with Crippen LogP contribution in [0.5, 0.6) is 0 Å². The zero-order chi connectivity index (χ0) is 12.3. The largest absolute Gasteiger partial charge is 0.303 e. The minimum absolute atomic E-state index is 0.0529. The fraction of sp³-hybridized carbons (Fsp3) is 0.833. The summed E-state index contributed by atoms with van der Waals surface area (Å²) < 4.78 is 58.5. The molecule has 1 aliphatic carbocycles. The molecule has 0 aromatic carbocycles. The lowest BCUT2D eigenvalue weighted by atomic mass is 10.1. The third kappa shape index (κ3) is 1.02. The maximum Gasteiger partial charge on any atom is 0.123 e. The van der Waals surface area contributed by atoms with Crippen LogP contribution in [0.1, 0.15) is 36.5 Å². The molecule has 0 unspecified atom stereocenters. The van der Waals surface area contributed by atoms with E-state index >= 15 is 0 Å². The first-order valence-corrected chi connectivity index (χ1v) is 1.90. The van der Waals surface area contributed by atoms with Crippen molar-refractivity contribution in [1.82, 2.24) is 0 Å². The van der Waals surface area contributed by atoms with Gasteiger partial charge in [0.2, 0.25) is 0 Å². The average Bonchev–Trinajstić information content (AvgIpc) is 2.07. The molecule has 0 N–H and O–H groups in total. The molecule has 0 aromatic rings. The quantitative estimate of drug-likeness (QED) is 0.461. The summed E-state index contributed by atoms with van der Waals surface area (Å²) in [5.41, 5.74) is 0. The highest BCUT2D eigenvalue weighted by Gasteiger charge is 2.12.